The van der Waals surface area contributed by atoms with Crippen molar-refractivity contribution in [3.05, 3.63) is 35.1 Å². The molecule has 140 valence electrons. The first-order valence-electron chi connectivity index (χ1n) is 9.34. The maximum atomic E-state index is 5.59. The minimum absolute atomic E-state index is 0.356. The second-order valence-corrected chi connectivity index (χ2v) is 8.80. The van der Waals surface area contributed by atoms with Gasteiger partial charge in [0, 0.05) is 58.1 Å². The van der Waals surface area contributed by atoms with Gasteiger partial charge >= 0.3 is 0 Å². The molecule has 0 amide bonds. The maximum Gasteiger partial charge on any atom is 0.208 e. The van der Waals surface area contributed by atoms with Crippen LogP contribution in [0.4, 0.5) is 5.13 Å². The van der Waals surface area contributed by atoms with Crippen LogP contribution < -0.4 is 4.90 Å². The molecule has 4 heterocycles. The van der Waals surface area contributed by atoms with E-state index in [1.807, 2.05) is 32.5 Å². The van der Waals surface area contributed by atoms with E-state index in [4.69, 9.17) is 4.74 Å². The van der Waals surface area contributed by atoms with Crippen LogP contribution >= 0.6 is 11.3 Å². The van der Waals surface area contributed by atoms with Gasteiger partial charge in [-0.25, -0.2) is 0 Å². The molecule has 2 fully saturated rings. The predicted octanol–water partition coefficient (Wildman–Crippen LogP) is 2.61. The van der Waals surface area contributed by atoms with E-state index in [9.17, 15) is 0 Å². The highest BCUT2D eigenvalue weighted by molar-refractivity contribution is 7.15. The summed E-state index contributed by atoms with van der Waals surface area (Å²) in [5.74, 6) is 0.600. The molecule has 1 spiro atoms. The first-order valence-corrected chi connectivity index (χ1v) is 10.2. The highest BCUT2D eigenvalue weighted by Gasteiger charge is 2.48. The van der Waals surface area contributed by atoms with Crippen LogP contribution in [0.2, 0.25) is 0 Å². The summed E-state index contributed by atoms with van der Waals surface area (Å²) >= 11 is 1.70. The Bertz CT molecular complexity index is 714. The molecule has 2 aromatic heterocycles. The van der Waals surface area contributed by atoms with E-state index in [1.165, 1.54) is 18.4 Å². The standard InChI is InChI=1S/C19H27N5OS/c1-15-21-22-18(26-15)24-8-5-19(6-9-24)14-23(12-17(19)13-25-2)11-16-4-3-7-20-10-16/h3-4,7,10,17H,5-6,8-9,11-14H2,1-2H3/t17-/m1/s1. The van der Waals surface area contributed by atoms with Crippen molar-refractivity contribution >= 4 is 16.5 Å². The summed E-state index contributed by atoms with van der Waals surface area (Å²) in [4.78, 5) is 9.26. The summed E-state index contributed by atoms with van der Waals surface area (Å²) in [5.41, 5.74) is 1.65. The minimum Gasteiger partial charge on any atom is -0.384 e. The number of nitrogens with zero attached hydrogens (tertiary/aromatic N) is 5. The molecule has 0 aliphatic carbocycles. The van der Waals surface area contributed by atoms with E-state index in [2.05, 4.69) is 31.0 Å². The number of hydrogen-bond donors (Lipinski definition) is 0. The number of hydrogen-bond acceptors (Lipinski definition) is 7. The van der Waals surface area contributed by atoms with Crippen molar-refractivity contribution in [3.8, 4) is 0 Å². The van der Waals surface area contributed by atoms with Gasteiger partial charge in [-0.05, 0) is 36.8 Å². The Morgan fingerprint density at radius 1 is 1.31 bits per heavy atom. The van der Waals surface area contributed by atoms with Gasteiger partial charge in [0.05, 0.1) is 6.61 Å². The minimum atomic E-state index is 0.356. The fourth-order valence-electron chi connectivity index (χ4n) is 4.57. The van der Waals surface area contributed by atoms with E-state index >= 15 is 0 Å². The Morgan fingerprint density at radius 3 is 2.81 bits per heavy atom. The Labute approximate surface area is 159 Å². The van der Waals surface area contributed by atoms with Gasteiger partial charge in [-0.15, -0.1) is 10.2 Å². The number of pyridine rings is 1. The normalized spacial score (nSPS) is 23.0. The molecular weight excluding hydrogens is 346 g/mol. The van der Waals surface area contributed by atoms with Gasteiger partial charge in [-0.2, -0.15) is 0 Å². The molecule has 2 aliphatic rings. The molecule has 2 saturated heterocycles. The largest absolute Gasteiger partial charge is 0.384 e. The lowest BCUT2D eigenvalue weighted by Crippen LogP contribution is -2.45. The number of likely N-dealkylation sites (tertiary alicyclic amines) is 1. The smallest absolute Gasteiger partial charge is 0.208 e. The van der Waals surface area contributed by atoms with Crippen molar-refractivity contribution in [2.75, 3.05) is 44.8 Å². The van der Waals surface area contributed by atoms with E-state index in [1.54, 1.807) is 11.3 Å². The lowest BCUT2D eigenvalue weighted by Gasteiger charge is -2.42. The molecule has 0 saturated carbocycles. The van der Waals surface area contributed by atoms with Crippen LogP contribution in [-0.2, 0) is 11.3 Å². The van der Waals surface area contributed by atoms with Gasteiger partial charge in [0.1, 0.15) is 5.01 Å². The van der Waals surface area contributed by atoms with Crippen LogP contribution in [0.5, 0.6) is 0 Å². The number of piperidine rings is 1. The van der Waals surface area contributed by atoms with Crippen molar-refractivity contribution in [2.24, 2.45) is 11.3 Å². The summed E-state index contributed by atoms with van der Waals surface area (Å²) in [7, 11) is 1.83. The molecule has 6 nitrogen and oxygen atoms in total. The Morgan fingerprint density at radius 2 is 2.15 bits per heavy atom. The van der Waals surface area contributed by atoms with E-state index in [-0.39, 0.29) is 0 Å². The summed E-state index contributed by atoms with van der Waals surface area (Å²) in [5, 5.41) is 10.6. The quantitative estimate of drug-likeness (QED) is 0.803. The zero-order valence-electron chi connectivity index (χ0n) is 15.6. The maximum absolute atomic E-state index is 5.59. The van der Waals surface area contributed by atoms with Crippen LogP contribution in [0.15, 0.2) is 24.5 Å². The average molecular weight is 374 g/mol. The van der Waals surface area contributed by atoms with Gasteiger partial charge in [0.2, 0.25) is 5.13 Å². The Kier molecular flexibility index (Phi) is 5.20. The molecule has 2 aromatic rings. The first-order chi connectivity index (χ1) is 12.7. The highest BCUT2D eigenvalue weighted by atomic mass is 32.1. The molecule has 2 aliphatic heterocycles. The van der Waals surface area contributed by atoms with Crippen LogP contribution in [0.3, 0.4) is 0 Å². The third-order valence-electron chi connectivity index (χ3n) is 5.93. The van der Waals surface area contributed by atoms with Crippen molar-refractivity contribution < 1.29 is 4.74 Å². The van der Waals surface area contributed by atoms with Crippen molar-refractivity contribution in [1.29, 1.82) is 0 Å². The molecule has 0 bridgehead atoms. The predicted molar refractivity (Wildman–Crippen MR) is 103 cm³/mol. The van der Waals surface area contributed by atoms with Crippen LogP contribution in [0.1, 0.15) is 23.4 Å². The van der Waals surface area contributed by atoms with Crippen LogP contribution in [0, 0.1) is 18.3 Å². The molecule has 1 atom stereocenters. The summed E-state index contributed by atoms with van der Waals surface area (Å²) < 4.78 is 5.59. The second kappa shape index (κ2) is 7.58. The van der Waals surface area contributed by atoms with Gasteiger partial charge in [-0.1, -0.05) is 17.4 Å². The third kappa shape index (κ3) is 3.61. The Hall–Kier alpha value is -1.57. The van der Waals surface area contributed by atoms with Gasteiger partial charge in [-0.3, -0.25) is 9.88 Å². The van der Waals surface area contributed by atoms with E-state index < -0.39 is 0 Å². The fourth-order valence-corrected chi connectivity index (χ4v) is 5.31. The van der Waals surface area contributed by atoms with Gasteiger partial charge in [0.15, 0.2) is 0 Å². The Balaban J connectivity index is 1.44. The number of methoxy groups -OCH3 is 1. The molecule has 4 rings (SSSR count). The molecule has 0 unspecified atom stereocenters. The summed E-state index contributed by atoms with van der Waals surface area (Å²) in [6, 6.07) is 4.19. The summed E-state index contributed by atoms with van der Waals surface area (Å²) in [6.45, 7) is 8.25. The van der Waals surface area contributed by atoms with Crippen molar-refractivity contribution in [2.45, 2.75) is 26.3 Å². The number of anilines is 1. The SMILES string of the molecule is COC[C@H]1CN(Cc2cccnc2)CC12CCN(c1nnc(C)s1)CC2. The first kappa shape index (κ1) is 17.8. The highest BCUT2D eigenvalue weighted by Crippen LogP contribution is 2.46. The van der Waals surface area contributed by atoms with E-state index in [0.29, 0.717) is 11.3 Å². The lowest BCUT2D eigenvalue weighted by molar-refractivity contribution is 0.0762. The number of aryl methyl sites for hydroxylation is 1. The average Bonchev–Trinajstić information content (AvgIpc) is 3.22. The zero-order chi connectivity index (χ0) is 18.0. The number of rotatable bonds is 5. The van der Waals surface area contributed by atoms with Gasteiger partial charge < -0.3 is 9.64 Å². The monoisotopic (exact) mass is 373 g/mol. The van der Waals surface area contributed by atoms with Crippen molar-refractivity contribution in [3.63, 3.8) is 0 Å². The topological polar surface area (TPSA) is 54.4 Å². The lowest BCUT2D eigenvalue weighted by atomic mass is 9.71. The molecule has 0 aromatic carbocycles. The molecule has 0 N–H and O–H groups in total. The molecular formula is C19H27N5OS. The second-order valence-electron chi connectivity index (χ2n) is 7.64. The molecule has 7 heteroatoms. The zero-order valence-corrected chi connectivity index (χ0v) is 16.4. The number of aromatic nitrogens is 3. The third-order valence-corrected chi connectivity index (χ3v) is 6.82. The van der Waals surface area contributed by atoms with Gasteiger partial charge in [0.25, 0.3) is 0 Å². The van der Waals surface area contributed by atoms with Crippen LogP contribution in [-0.4, -0.2) is 60.0 Å². The van der Waals surface area contributed by atoms with Crippen LogP contribution in [0.25, 0.3) is 0 Å². The fraction of sp³-hybridized carbons (Fsp3) is 0.632. The number of ether oxygens (including phenoxy) is 1. The molecule has 26 heavy (non-hydrogen) atoms. The van der Waals surface area contributed by atoms with Crippen molar-refractivity contribution in [1.82, 2.24) is 20.1 Å². The molecule has 0 radical (unpaired) electrons. The summed E-state index contributed by atoms with van der Waals surface area (Å²) in [6.07, 6.45) is 6.22. The van der Waals surface area contributed by atoms with E-state index in [0.717, 1.165) is 49.5 Å².